The summed E-state index contributed by atoms with van der Waals surface area (Å²) in [4.78, 5) is 12.3. The fourth-order valence-corrected chi connectivity index (χ4v) is 3.39. The van der Waals surface area contributed by atoms with Crippen molar-refractivity contribution in [2.24, 2.45) is 0 Å². The Kier molecular flexibility index (Phi) is 6.20. The Morgan fingerprint density at radius 1 is 1.10 bits per heavy atom. The fraction of sp³-hybridized carbons (Fsp3) is 0.533. The molecule has 1 rings (SSSR count). The Bertz CT molecular complexity index is 535. The van der Waals surface area contributed by atoms with E-state index in [1.54, 1.807) is 24.3 Å². The monoisotopic (exact) mass is 297 g/mol. The maximum atomic E-state index is 12.5. The summed E-state index contributed by atoms with van der Waals surface area (Å²) in [7, 11) is -3.73. The highest BCUT2D eigenvalue weighted by Gasteiger charge is 2.27. The van der Waals surface area contributed by atoms with Gasteiger partial charge in [-0.2, -0.15) is 0 Å². The van der Waals surface area contributed by atoms with E-state index in [1.165, 1.54) is 0 Å². The third-order valence-corrected chi connectivity index (χ3v) is 4.89. The number of unbranched alkanes of at least 4 members (excludes halogenated alkanes) is 1. The van der Waals surface area contributed by atoms with Gasteiger partial charge >= 0.3 is 0 Å². The molecular formula is C15H23NO3S. The zero-order valence-corrected chi connectivity index (χ0v) is 13.2. The van der Waals surface area contributed by atoms with Gasteiger partial charge in [0.1, 0.15) is 0 Å². The molecule has 0 aliphatic heterocycles. The van der Waals surface area contributed by atoms with Crippen molar-refractivity contribution in [1.82, 2.24) is 4.31 Å². The zero-order valence-electron chi connectivity index (χ0n) is 12.4. The summed E-state index contributed by atoms with van der Waals surface area (Å²) in [5.41, 5.74) is 0.989. The van der Waals surface area contributed by atoms with Crippen molar-refractivity contribution >= 4 is 15.9 Å². The summed E-state index contributed by atoms with van der Waals surface area (Å²) >= 11 is 0. The van der Waals surface area contributed by atoms with Crippen LogP contribution in [0.25, 0.3) is 0 Å². The number of amides is 1. The average molecular weight is 297 g/mol. The van der Waals surface area contributed by atoms with Crippen molar-refractivity contribution in [3.05, 3.63) is 29.8 Å². The van der Waals surface area contributed by atoms with E-state index in [9.17, 15) is 13.2 Å². The summed E-state index contributed by atoms with van der Waals surface area (Å²) < 4.78 is 26.1. The second-order valence-electron chi connectivity index (χ2n) is 4.89. The molecule has 1 aromatic rings. The molecule has 0 N–H and O–H groups in total. The fourth-order valence-electron chi connectivity index (χ4n) is 1.87. The Balaban J connectivity index is 3.05. The minimum Gasteiger partial charge on any atom is -0.274 e. The van der Waals surface area contributed by atoms with E-state index in [0.29, 0.717) is 12.8 Å². The van der Waals surface area contributed by atoms with Crippen LogP contribution in [0, 0.1) is 6.92 Å². The molecule has 0 saturated heterocycles. The smallest absolute Gasteiger partial charge is 0.266 e. The number of carbonyl (C=O) groups is 1. The van der Waals surface area contributed by atoms with Gasteiger partial charge in [0.15, 0.2) is 0 Å². The average Bonchev–Trinajstić information content (AvgIpc) is 2.42. The van der Waals surface area contributed by atoms with Crippen molar-refractivity contribution in [1.29, 1.82) is 0 Å². The minimum atomic E-state index is -3.73. The third-order valence-electron chi connectivity index (χ3n) is 3.06. The normalized spacial score (nSPS) is 11.3. The molecule has 5 heteroatoms. The summed E-state index contributed by atoms with van der Waals surface area (Å²) in [5, 5.41) is 0. The van der Waals surface area contributed by atoms with Crippen LogP contribution in [-0.4, -0.2) is 25.2 Å². The minimum absolute atomic E-state index is 0.182. The molecule has 20 heavy (non-hydrogen) atoms. The first-order chi connectivity index (χ1) is 9.43. The molecule has 0 radical (unpaired) electrons. The van der Waals surface area contributed by atoms with Crippen LogP contribution in [-0.2, 0) is 14.8 Å². The Morgan fingerprint density at radius 3 is 2.20 bits per heavy atom. The SMILES string of the molecule is CCCCC(=O)N(CCC)S(=O)(=O)c1ccc(C)cc1. The van der Waals surface area contributed by atoms with E-state index in [1.807, 2.05) is 20.8 Å². The standard InChI is InChI=1S/C15H23NO3S/c1-4-6-7-15(17)16(12-5-2)20(18,19)14-10-8-13(3)9-11-14/h8-11H,4-7,12H2,1-3H3. The second-order valence-corrected chi connectivity index (χ2v) is 6.75. The molecule has 0 heterocycles. The number of nitrogens with zero attached hydrogens (tertiary/aromatic N) is 1. The van der Waals surface area contributed by atoms with Crippen LogP contribution in [0.5, 0.6) is 0 Å². The van der Waals surface area contributed by atoms with E-state index in [0.717, 1.165) is 16.3 Å². The molecule has 0 bridgehead atoms. The van der Waals surface area contributed by atoms with Gasteiger partial charge in [0.25, 0.3) is 10.0 Å². The van der Waals surface area contributed by atoms with Gasteiger partial charge in [-0.25, -0.2) is 12.7 Å². The molecule has 112 valence electrons. The molecule has 0 spiro atoms. The van der Waals surface area contributed by atoms with E-state index in [-0.39, 0.29) is 23.8 Å². The highest BCUT2D eigenvalue weighted by molar-refractivity contribution is 7.89. The number of benzene rings is 1. The molecule has 0 atom stereocenters. The summed E-state index contributed by atoms with van der Waals surface area (Å²) in [6.07, 6.45) is 2.48. The Morgan fingerprint density at radius 2 is 1.70 bits per heavy atom. The predicted octanol–water partition coefficient (Wildman–Crippen LogP) is 3.11. The highest BCUT2D eigenvalue weighted by Crippen LogP contribution is 2.18. The van der Waals surface area contributed by atoms with E-state index in [4.69, 9.17) is 0 Å². The largest absolute Gasteiger partial charge is 0.274 e. The number of carbonyl (C=O) groups excluding carboxylic acids is 1. The lowest BCUT2D eigenvalue weighted by atomic mass is 10.2. The molecule has 4 nitrogen and oxygen atoms in total. The zero-order chi connectivity index (χ0) is 15.2. The number of sulfonamides is 1. The topological polar surface area (TPSA) is 54.5 Å². The van der Waals surface area contributed by atoms with Crippen molar-refractivity contribution in [3.8, 4) is 0 Å². The van der Waals surface area contributed by atoms with Crippen molar-refractivity contribution in [2.75, 3.05) is 6.54 Å². The van der Waals surface area contributed by atoms with Crippen LogP contribution >= 0.6 is 0 Å². The number of aryl methyl sites for hydroxylation is 1. The summed E-state index contributed by atoms with van der Waals surface area (Å²) in [6, 6.07) is 6.60. The maximum Gasteiger partial charge on any atom is 0.266 e. The van der Waals surface area contributed by atoms with Crippen LogP contribution in [0.1, 0.15) is 45.1 Å². The van der Waals surface area contributed by atoms with Gasteiger partial charge in [0.05, 0.1) is 4.90 Å². The number of rotatable bonds is 7. The summed E-state index contributed by atoms with van der Waals surface area (Å²) in [6.45, 7) is 5.97. The van der Waals surface area contributed by atoms with E-state index >= 15 is 0 Å². The van der Waals surface area contributed by atoms with Crippen LogP contribution in [0.15, 0.2) is 29.2 Å². The first kappa shape index (κ1) is 16.7. The molecule has 1 aromatic carbocycles. The Labute approximate surface area is 121 Å². The maximum absolute atomic E-state index is 12.5. The number of hydrogen-bond donors (Lipinski definition) is 0. The first-order valence-corrected chi connectivity index (χ1v) is 8.49. The Hall–Kier alpha value is -1.36. The van der Waals surface area contributed by atoms with Gasteiger partial charge in [0, 0.05) is 13.0 Å². The quantitative estimate of drug-likeness (QED) is 0.777. The van der Waals surface area contributed by atoms with Gasteiger partial charge in [0.2, 0.25) is 5.91 Å². The van der Waals surface area contributed by atoms with Gasteiger partial charge in [-0.15, -0.1) is 0 Å². The molecule has 0 aliphatic rings. The molecular weight excluding hydrogens is 274 g/mol. The molecule has 1 amide bonds. The third kappa shape index (κ3) is 4.07. The molecule has 0 aliphatic carbocycles. The van der Waals surface area contributed by atoms with Crippen LogP contribution in [0.4, 0.5) is 0 Å². The lowest BCUT2D eigenvalue weighted by molar-refractivity contribution is -0.126. The lowest BCUT2D eigenvalue weighted by Gasteiger charge is -2.22. The lowest BCUT2D eigenvalue weighted by Crippen LogP contribution is -2.37. The van der Waals surface area contributed by atoms with Gasteiger partial charge < -0.3 is 0 Å². The molecule has 0 saturated carbocycles. The van der Waals surface area contributed by atoms with Crippen molar-refractivity contribution < 1.29 is 13.2 Å². The predicted molar refractivity (Wildman–Crippen MR) is 79.9 cm³/mol. The van der Waals surface area contributed by atoms with Crippen LogP contribution in [0.2, 0.25) is 0 Å². The first-order valence-electron chi connectivity index (χ1n) is 7.05. The van der Waals surface area contributed by atoms with Crippen LogP contribution in [0.3, 0.4) is 0 Å². The van der Waals surface area contributed by atoms with E-state index in [2.05, 4.69) is 0 Å². The second kappa shape index (κ2) is 7.43. The van der Waals surface area contributed by atoms with Gasteiger partial charge in [-0.1, -0.05) is 38.0 Å². The summed E-state index contributed by atoms with van der Waals surface area (Å²) in [5.74, 6) is -0.311. The van der Waals surface area contributed by atoms with Gasteiger partial charge in [-0.3, -0.25) is 4.79 Å². The molecule has 0 aromatic heterocycles. The molecule has 0 fully saturated rings. The van der Waals surface area contributed by atoms with Gasteiger partial charge in [-0.05, 0) is 31.9 Å². The number of hydrogen-bond acceptors (Lipinski definition) is 3. The van der Waals surface area contributed by atoms with Crippen LogP contribution < -0.4 is 0 Å². The highest BCUT2D eigenvalue weighted by atomic mass is 32.2. The van der Waals surface area contributed by atoms with Crippen molar-refractivity contribution in [3.63, 3.8) is 0 Å². The van der Waals surface area contributed by atoms with Crippen molar-refractivity contribution in [2.45, 2.75) is 51.3 Å². The molecule has 0 unspecified atom stereocenters. The van der Waals surface area contributed by atoms with E-state index < -0.39 is 10.0 Å².